The number of nitro benzene ring substituents is 1. The maximum atomic E-state index is 10.6. The molecule has 1 fully saturated rings. The quantitative estimate of drug-likeness (QED) is 0.657. The molecule has 2 rings (SSSR count). The minimum Gasteiger partial charge on any atom is -0.393 e. The third kappa shape index (κ3) is 3.58. The van der Waals surface area contributed by atoms with Crippen molar-refractivity contribution in [3.63, 3.8) is 0 Å². The van der Waals surface area contributed by atoms with Gasteiger partial charge in [-0.2, -0.15) is 0 Å². The molecular formula is C13H17ClN2O3. The number of hydrogen-bond donors (Lipinski definition) is 2. The molecule has 0 aromatic heterocycles. The number of nitro groups is 1. The second kappa shape index (κ2) is 6.21. The first-order valence-corrected chi connectivity index (χ1v) is 6.81. The number of aliphatic hydroxyl groups is 1. The van der Waals surface area contributed by atoms with E-state index in [0.717, 1.165) is 25.7 Å². The molecule has 0 heterocycles. The summed E-state index contributed by atoms with van der Waals surface area (Å²) in [5.41, 5.74) is 0.651. The SMILES string of the molecule is O=[N+]([O-])c1ccc(NCC2CCCCC2O)c(Cl)c1. The second-order valence-corrected chi connectivity index (χ2v) is 5.32. The summed E-state index contributed by atoms with van der Waals surface area (Å²) in [6.45, 7) is 0.638. The monoisotopic (exact) mass is 284 g/mol. The molecule has 5 nitrogen and oxygen atoms in total. The van der Waals surface area contributed by atoms with E-state index in [-0.39, 0.29) is 17.7 Å². The van der Waals surface area contributed by atoms with Crippen molar-refractivity contribution in [3.8, 4) is 0 Å². The van der Waals surface area contributed by atoms with Gasteiger partial charge in [0.25, 0.3) is 5.69 Å². The van der Waals surface area contributed by atoms with E-state index >= 15 is 0 Å². The number of hydrogen-bond acceptors (Lipinski definition) is 4. The van der Waals surface area contributed by atoms with Crippen LogP contribution in [0.4, 0.5) is 11.4 Å². The van der Waals surface area contributed by atoms with Crippen LogP contribution in [0.2, 0.25) is 5.02 Å². The third-order valence-corrected chi connectivity index (χ3v) is 3.90. The Kier molecular flexibility index (Phi) is 4.61. The lowest BCUT2D eigenvalue weighted by Gasteiger charge is -2.28. The van der Waals surface area contributed by atoms with Gasteiger partial charge >= 0.3 is 0 Å². The second-order valence-electron chi connectivity index (χ2n) is 4.91. The molecule has 0 spiro atoms. The summed E-state index contributed by atoms with van der Waals surface area (Å²) in [4.78, 5) is 10.1. The minimum atomic E-state index is -0.472. The lowest BCUT2D eigenvalue weighted by molar-refractivity contribution is -0.384. The van der Waals surface area contributed by atoms with E-state index in [1.807, 2.05) is 0 Å². The Hall–Kier alpha value is -1.33. The summed E-state index contributed by atoms with van der Waals surface area (Å²) in [5, 5.41) is 24.0. The molecule has 1 aliphatic rings. The van der Waals surface area contributed by atoms with Crippen molar-refractivity contribution < 1.29 is 10.0 Å². The minimum absolute atomic E-state index is 0.0201. The number of aliphatic hydroxyl groups excluding tert-OH is 1. The molecule has 0 radical (unpaired) electrons. The number of rotatable bonds is 4. The zero-order valence-corrected chi connectivity index (χ0v) is 11.3. The highest BCUT2D eigenvalue weighted by Gasteiger charge is 2.22. The summed E-state index contributed by atoms with van der Waals surface area (Å²) in [6.07, 6.45) is 3.80. The van der Waals surface area contributed by atoms with Gasteiger partial charge in [-0.05, 0) is 18.9 Å². The number of nitrogens with zero attached hydrogens (tertiary/aromatic N) is 1. The topological polar surface area (TPSA) is 75.4 Å². The van der Waals surface area contributed by atoms with Crippen LogP contribution in [0.3, 0.4) is 0 Å². The van der Waals surface area contributed by atoms with Gasteiger partial charge in [0, 0.05) is 24.6 Å². The van der Waals surface area contributed by atoms with Gasteiger partial charge in [-0.15, -0.1) is 0 Å². The molecule has 0 saturated heterocycles. The predicted molar refractivity (Wildman–Crippen MR) is 74.6 cm³/mol. The normalized spacial score (nSPS) is 23.1. The Morgan fingerprint density at radius 2 is 2.16 bits per heavy atom. The summed E-state index contributed by atoms with van der Waals surface area (Å²) in [7, 11) is 0. The first-order valence-electron chi connectivity index (χ1n) is 6.44. The molecule has 104 valence electrons. The van der Waals surface area contributed by atoms with Crippen LogP contribution in [-0.4, -0.2) is 22.7 Å². The van der Waals surface area contributed by atoms with Crippen LogP contribution in [0, 0.1) is 16.0 Å². The molecule has 1 aromatic carbocycles. The van der Waals surface area contributed by atoms with E-state index in [0.29, 0.717) is 17.3 Å². The van der Waals surface area contributed by atoms with Crippen LogP contribution in [0.1, 0.15) is 25.7 Å². The largest absolute Gasteiger partial charge is 0.393 e. The number of halogens is 1. The Morgan fingerprint density at radius 3 is 2.79 bits per heavy atom. The number of non-ortho nitro benzene ring substituents is 1. The summed E-state index contributed by atoms with van der Waals surface area (Å²) in [5.74, 6) is 0.222. The van der Waals surface area contributed by atoms with Crippen molar-refractivity contribution in [3.05, 3.63) is 33.3 Å². The van der Waals surface area contributed by atoms with Gasteiger partial charge in [0.1, 0.15) is 0 Å². The molecular weight excluding hydrogens is 268 g/mol. The van der Waals surface area contributed by atoms with Gasteiger partial charge in [-0.1, -0.05) is 24.4 Å². The highest BCUT2D eigenvalue weighted by molar-refractivity contribution is 6.33. The van der Waals surface area contributed by atoms with E-state index in [2.05, 4.69) is 5.32 Å². The van der Waals surface area contributed by atoms with Crippen LogP contribution in [-0.2, 0) is 0 Å². The molecule has 0 amide bonds. The van der Waals surface area contributed by atoms with Gasteiger partial charge in [-0.25, -0.2) is 0 Å². The fourth-order valence-electron chi connectivity index (χ4n) is 2.43. The molecule has 2 atom stereocenters. The van der Waals surface area contributed by atoms with Crippen LogP contribution in [0.25, 0.3) is 0 Å². The number of nitrogens with one attached hydrogen (secondary N) is 1. The van der Waals surface area contributed by atoms with Gasteiger partial charge in [0.2, 0.25) is 0 Å². The van der Waals surface area contributed by atoms with E-state index in [4.69, 9.17) is 11.6 Å². The molecule has 0 bridgehead atoms. The smallest absolute Gasteiger partial charge is 0.271 e. The third-order valence-electron chi connectivity index (χ3n) is 3.59. The average Bonchev–Trinajstić information content (AvgIpc) is 2.39. The fourth-order valence-corrected chi connectivity index (χ4v) is 2.67. The Labute approximate surface area is 116 Å². The van der Waals surface area contributed by atoms with Crippen LogP contribution in [0.5, 0.6) is 0 Å². The van der Waals surface area contributed by atoms with Crippen molar-refractivity contribution in [1.29, 1.82) is 0 Å². The van der Waals surface area contributed by atoms with Gasteiger partial charge in [0.15, 0.2) is 0 Å². The summed E-state index contributed by atoms with van der Waals surface area (Å²) < 4.78 is 0. The van der Waals surface area contributed by atoms with Crippen LogP contribution < -0.4 is 5.32 Å². The lowest BCUT2D eigenvalue weighted by atomic mass is 9.86. The summed E-state index contributed by atoms with van der Waals surface area (Å²) >= 11 is 6.00. The highest BCUT2D eigenvalue weighted by Crippen LogP contribution is 2.29. The van der Waals surface area contributed by atoms with E-state index < -0.39 is 4.92 Å². The fraction of sp³-hybridized carbons (Fsp3) is 0.538. The molecule has 6 heteroatoms. The van der Waals surface area contributed by atoms with Crippen LogP contribution >= 0.6 is 11.6 Å². The van der Waals surface area contributed by atoms with Crippen molar-refractivity contribution in [2.75, 3.05) is 11.9 Å². The Morgan fingerprint density at radius 1 is 1.42 bits per heavy atom. The predicted octanol–water partition coefficient (Wildman–Crippen LogP) is 3.21. The standard InChI is InChI=1S/C13H17ClN2O3/c14-11-7-10(16(18)19)5-6-12(11)15-8-9-3-1-2-4-13(9)17/h5-7,9,13,15,17H,1-4,8H2. The molecule has 0 aliphatic heterocycles. The molecule has 1 saturated carbocycles. The first kappa shape index (κ1) is 14.1. The molecule has 2 unspecified atom stereocenters. The molecule has 19 heavy (non-hydrogen) atoms. The van der Waals surface area contributed by atoms with E-state index in [9.17, 15) is 15.2 Å². The van der Waals surface area contributed by atoms with Crippen molar-refractivity contribution in [1.82, 2.24) is 0 Å². The maximum absolute atomic E-state index is 10.6. The van der Waals surface area contributed by atoms with Crippen molar-refractivity contribution in [2.24, 2.45) is 5.92 Å². The molecule has 1 aliphatic carbocycles. The molecule has 1 aromatic rings. The zero-order chi connectivity index (χ0) is 13.8. The van der Waals surface area contributed by atoms with Crippen molar-refractivity contribution >= 4 is 23.0 Å². The van der Waals surface area contributed by atoms with E-state index in [1.165, 1.54) is 12.1 Å². The van der Waals surface area contributed by atoms with Crippen molar-refractivity contribution in [2.45, 2.75) is 31.8 Å². The lowest BCUT2D eigenvalue weighted by Crippen LogP contribution is -2.30. The number of anilines is 1. The van der Waals surface area contributed by atoms with Gasteiger partial charge in [0.05, 0.1) is 21.7 Å². The Bertz CT molecular complexity index is 467. The maximum Gasteiger partial charge on any atom is 0.271 e. The average molecular weight is 285 g/mol. The highest BCUT2D eigenvalue weighted by atomic mass is 35.5. The Balaban J connectivity index is 1.97. The number of benzene rings is 1. The van der Waals surface area contributed by atoms with Gasteiger partial charge in [-0.3, -0.25) is 10.1 Å². The van der Waals surface area contributed by atoms with Gasteiger partial charge < -0.3 is 10.4 Å². The molecule has 2 N–H and O–H groups in total. The van der Waals surface area contributed by atoms with E-state index in [1.54, 1.807) is 6.07 Å². The summed E-state index contributed by atoms with van der Waals surface area (Å²) in [6, 6.07) is 4.36. The van der Waals surface area contributed by atoms with Crippen LogP contribution in [0.15, 0.2) is 18.2 Å². The first-order chi connectivity index (χ1) is 9.08. The zero-order valence-electron chi connectivity index (χ0n) is 10.5.